The number of esters is 1. The topological polar surface area (TPSA) is 69.9 Å². The molecule has 2 heterocycles. The van der Waals surface area contributed by atoms with Crippen LogP contribution in [0.1, 0.15) is 18.1 Å². The van der Waals surface area contributed by atoms with Crippen LogP contribution in [0.2, 0.25) is 0 Å². The first-order valence-electron chi connectivity index (χ1n) is 9.12. The quantitative estimate of drug-likeness (QED) is 0.365. The SMILES string of the molecule is CCOC(=O)CSc1nnc2c3ccccc3n(Cc3ccccc3C)c2n1. The van der Waals surface area contributed by atoms with Gasteiger partial charge >= 0.3 is 5.97 Å². The first kappa shape index (κ1) is 18.4. The highest BCUT2D eigenvalue weighted by molar-refractivity contribution is 7.99. The van der Waals surface area contributed by atoms with E-state index in [2.05, 4.69) is 39.9 Å². The molecular formula is C21H20N4O2S. The first-order chi connectivity index (χ1) is 13.7. The lowest BCUT2D eigenvalue weighted by molar-refractivity contribution is -0.139. The third kappa shape index (κ3) is 3.57. The maximum absolute atomic E-state index is 11.6. The van der Waals surface area contributed by atoms with Gasteiger partial charge in [-0.3, -0.25) is 4.79 Å². The third-order valence-corrected chi connectivity index (χ3v) is 5.38. The number of ether oxygens (including phenoxy) is 1. The van der Waals surface area contributed by atoms with Crippen molar-refractivity contribution in [3.63, 3.8) is 0 Å². The number of fused-ring (bicyclic) bond motifs is 3. The summed E-state index contributed by atoms with van der Waals surface area (Å²) in [5.41, 5.74) is 5.06. The smallest absolute Gasteiger partial charge is 0.316 e. The molecule has 0 radical (unpaired) electrons. The average Bonchev–Trinajstić information content (AvgIpc) is 3.02. The Morgan fingerprint density at radius 1 is 1.11 bits per heavy atom. The van der Waals surface area contributed by atoms with Gasteiger partial charge in [0, 0.05) is 11.9 Å². The molecule has 28 heavy (non-hydrogen) atoms. The molecule has 7 heteroatoms. The fourth-order valence-electron chi connectivity index (χ4n) is 3.19. The molecule has 0 fully saturated rings. The lowest BCUT2D eigenvalue weighted by atomic mass is 10.1. The third-order valence-electron chi connectivity index (χ3n) is 4.57. The number of hydrogen-bond donors (Lipinski definition) is 0. The van der Waals surface area contributed by atoms with Gasteiger partial charge in [0.25, 0.3) is 0 Å². The Morgan fingerprint density at radius 3 is 2.71 bits per heavy atom. The number of benzene rings is 2. The van der Waals surface area contributed by atoms with E-state index in [0.29, 0.717) is 18.3 Å². The Balaban J connectivity index is 1.77. The zero-order valence-corrected chi connectivity index (χ0v) is 16.6. The molecule has 0 saturated heterocycles. The van der Waals surface area contributed by atoms with E-state index in [1.807, 2.05) is 30.3 Å². The predicted molar refractivity (Wildman–Crippen MR) is 110 cm³/mol. The maximum Gasteiger partial charge on any atom is 0.316 e. The van der Waals surface area contributed by atoms with Gasteiger partial charge < -0.3 is 9.30 Å². The van der Waals surface area contributed by atoms with Crippen LogP contribution in [0.5, 0.6) is 0 Å². The van der Waals surface area contributed by atoms with E-state index in [-0.39, 0.29) is 11.7 Å². The number of para-hydroxylation sites is 1. The van der Waals surface area contributed by atoms with Crippen LogP contribution >= 0.6 is 11.8 Å². The monoisotopic (exact) mass is 392 g/mol. The number of thioether (sulfide) groups is 1. The van der Waals surface area contributed by atoms with Crippen molar-refractivity contribution in [2.75, 3.05) is 12.4 Å². The molecule has 4 rings (SSSR count). The molecule has 0 N–H and O–H groups in total. The molecule has 0 saturated carbocycles. The molecule has 0 aliphatic carbocycles. The number of nitrogens with zero attached hydrogens (tertiary/aromatic N) is 4. The summed E-state index contributed by atoms with van der Waals surface area (Å²) in [4.78, 5) is 16.4. The van der Waals surface area contributed by atoms with Gasteiger partial charge in [-0.2, -0.15) is 0 Å². The standard InChI is InChI=1S/C21H20N4O2S/c1-3-27-18(26)13-28-21-22-20-19(23-24-21)16-10-6-7-11-17(16)25(20)12-15-9-5-4-8-14(15)2/h4-11H,3,12-13H2,1-2H3. The van der Waals surface area contributed by atoms with Gasteiger partial charge in [0.05, 0.1) is 17.9 Å². The van der Waals surface area contributed by atoms with E-state index in [1.54, 1.807) is 6.92 Å². The van der Waals surface area contributed by atoms with Crippen LogP contribution in [0.3, 0.4) is 0 Å². The van der Waals surface area contributed by atoms with E-state index in [0.717, 1.165) is 22.1 Å². The van der Waals surface area contributed by atoms with Crippen LogP contribution in [-0.2, 0) is 16.1 Å². The van der Waals surface area contributed by atoms with Crippen LogP contribution < -0.4 is 0 Å². The Bertz CT molecular complexity index is 1160. The molecule has 0 spiro atoms. The summed E-state index contributed by atoms with van der Waals surface area (Å²) < 4.78 is 7.14. The second-order valence-electron chi connectivity index (χ2n) is 6.39. The molecule has 0 unspecified atom stereocenters. The molecule has 0 aliphatic heterocycles. The summed E-state index contributed by atoms with van der Waals surface area (Å²) in [6.45, 7) is 4.95. The minimum Gasteiger partial charge on any atom is -0.465 e. The molecule has 0 amide bonds. The maximum atomic E-state index is 11.6. The lowest BCUT2D eigenvalue weighted by Gasteiger charge is -2.09. The summed E-state index contributed by atoms with van der Waals surface area (Å²) in [6.07, 6.45) is 0. The van der Waals surface area contributed by atoms with Crippen LogP contribution in [0, 0.1) is 6.92 Å². The molecule has 6 nitrogen and oxygen atoms in total. The van der Waals surface area contributed by atoms with Gasteiger partial charge in [-0.05, 0) is 31.0 Å². The minimum atomic E-state index is -0.281. The van der Waals surface area contributed by atoms with Crippen molar-refractivity contribution in [1.29, 1.82) is 0 Å². The molecular weight excluding hydrogens is 372 g/mol. The van der Waals surface area contributed by atoms with Gasteiger partial charge in [0.15, 0.2) is 5.65 Å². The number of carbonyl (C=O) groups is 1. The highest BCUT2D eigenvalue weighted by atomic mass is 32.2. The van der Waals surface area contributed by atoms with E-state index in [4.69, 9.17) is 9.72 Å². The number of aryl methyl sites for hydroxylation is 1. The van der Waals surface area contributed by atoms with Crippen molar-refractivity contribution in [2.24, 2.45) is 0 Å². The highest BCUT2D eigenvalue weighted by Crippen LogP contribution is 2.28. The second-order valence-corrected chi connectivity index (χ2v) is 7.33. The molecule has 0 bridgehead atoms. The van der Waals surface area contributed by atoms with E-state index < -0.39 is 0 Å². The summed E-state index contributed by atoms with van der Waals surface area (Å²) >= 11 is 1.24. The second kappa shape index (κ2) is 7.98. The molecule has 2 aromatic heterocycles. The number of hydrogen-bond acceptors (Lipinski definition) is 6. The summed E-state index contributed by atoms with van der Waals surface area (Å²) in [7, 11) is 0. The van der Waals surface area contributed by atoms with E-state index >= 15 is 0 Å². The van der Waals surface area contributed by atoms with Crippen LogP contribution in [0.25, 0.3) is 22.1 Å². The normalized spacial score (nSPS) is 11.2. The molecule has 142 valence electrons. The van der Waals surface area contributed by atoms with Crippen LogP contribution in [0.15, 0.2) is 53.7 Å². The molecule has 2 aromatic carbocycles. The van der Waals surface area contributed by atoms with E-state index in [9.17, 15) is 4.79 Å². The Kier molecular flexibility index (Phi) is 5.25. The summed E-state index contributed by atoms with van der Waals surface area (Å²) in [5, 5.41) is 10.1. The van der Waals surface area contributed by atoms with Crippen molar-refractivity contribution in [2.45, 2.75) is 25.5 Å². The summed E-state index contributed by atoms with van der Waals surface area (Å²) in [6, 6.07) is 16.4. The Morgan fingerprint density at radius 2 is 1.89 bits per heavy atom. The van der Waals surface area contributed by atoms with E-state index in [1.165, 1.54) is 22.9 Å². The van der Waals surface area contributed by atoms with Gasteiger partial charge in [-0.25, -0.2) is 4.98 Å². The summed E-state index contributed by atoms with van der Waals surface area (Å²) in [5.74, 6) is -0.115. The van der Waals surface area contributed by atoms with Crippen LogP contribution in [-0.4, -0.2) is 38.1 Å². The lowest BCUT2D eigenvalue weighted by Crippen LogP contribution is -2.08. The Hall–Kier alpha value is -2.93. The fourth-order valence-corrected chi connectivity index (χ4v) is 3.77. The molecule has 0 atom stereocenters. The fraction of sp³-hybridized carbons (Fsp3) is 0.238. The predicted octanol–water partition coefficient (Wildman–Crippen LogP) is 3.99. The van der Waals surface area contributed by atoms with Crippen molar-refractivity contribution >= 4 is 39.8 Å². The van der Waals surface area contributed by atoms with Gasteiger partial charge in [-0.15, -0.1) is 10.2 Å². The van der Waals surface area contributed by atoms with Gasteiger partial charge in [0.2, 0.25) is 5.16 Å². The number of carbonyl (C=O) groups excluding carboxylic acids is 1. The van der Waals surface area contributed by atoms with Gasteiger partial charge in [0.1, 0.15) is 5.52 Å². The van der Waals surface area contributed by atoms with Crippen molar-refractivity contribution in [3.8, 4) is 0 Å². The first-order valence-corrected chi connectivity index (χ1v) is 10.1. The average molecular weight is 392 g/mol. The van der Waals surface area contributed by atoms with Crippen molar-refractivity contribution in [3.05, 3.63) is 59.7 Å². The zero-order valence-electron chi connectivity index (χ0n) is 15.8. The highest BCUT2D eigenvalue weighted by Gasteiger charge is 2.16. The zero-order chi connectivity index (χ0) is 19.5. The Labute approximate surface area is 166 Å². The minimum absolute atomic E-state index is 0.166. The number of rotatable bonds is 6. The van der Waals surface area contributed by atoms with Crippen molar-refractivity contribution in [1.82, 2.24) is 19.7 Å². The largest absolute Gasteiger partial charge is 0.465 e. The van der Waals surface area contributed by atoms with Crippen LogP contribution in [0.4, 0.5) is 0 Å². The molecule has 0 aliphatic rings. The number of aromatic nitrogens is 4. The van der Waals surface area contributed by atoms with Gasteiger partial charge in [-0.1, -0.05) is 54.2 Å². The molecule has 4 aromatic rings. The van der Waals surface area contributed by atoms with Crippen molar-refractivity contribution < 1.29 is 9.53 Å².